The zero-order valence-electron chi connectivity index (χ0n) is 18.3. The predicted octanol–water partition coefficient (Wildman–Crippen LogP) is 4.00. The van der Waals surface area contributed by atoms with Crippen LogP contribution in [0.1, 0.15) is 78.6 Å². The zero-order valence-corrected chi connectivity index (χ0v) is 18.3. The maximum absolute atomic E-state index is 15.5. The quantitative estimate of drug-likeness (QED) is 0.681. The van der Waals surface area contributed by atoms with Gasteiger partial charge >= 0.3 is 6.09 Å². The Hall–Kier alpha value is -1.84. The van der Waals surface area contributed by atoms with Crippen molar-refractivity contribution < 1.29 is 18.7 Å². The van der Waals surface area contributed by atoms with Crippen LogP contribution in [0.3, 0.4) is 0 Å². The van der Waals surface area contributed by atoms with Crippen LogP contribution < -0.4 is 10.6 Å². The molecule has 5 saturated carbocycles. The molecule has 30 heavy (non-hydrogen) atoms. The van der Waals surface area contributed by atoms with Crippen molar-refractivity contribution in [2.45, 2.75) is 102 Å². The van der Waals surface area contributed by atoms with Gasteiger partial charge < -0.3 is 15.4 Å². The van der Waals surface area contributed by atoms with Crippen LogP contribution in [0.15, 0.2) is 0 Å². The lowest BCUT2D eigenvalue weighted by Gasteiger charge is -2.60. The van der Waals surface area contributed by atoms with Crippen LogP contribution in [0.25, 0.3) is 0 Å². The zero-order chi connectivity index (χ0) is 21.7. The van der Waals surface area contributed by atoms with E-state index in [-0.39, 0.29) is 17.7 Å². The summed E-state index contributed by atoms with van der Waals surface area (Å²) < 4.78 is 21.0. The van der Waals surface area contributed by atoms with E-state index in [0.717, 1.165) is 32.1 Å². The molecule has 166 valence electrons. The summed E-state index contributed by atoms with van der Waals surface area (Å²) in [6, 6.07) is 0.714. The smallest absolute Gasteiger partial charge is 0.408 e. The van der Waals surface area contributed by atoms with Crippen LogP contribution in [0.2, 0.25) is 0 Å². The van der Waals surface area contributed by atoms with Crippen molar-refractivity contribution in [3.63, 3.8) is 0 Å². The van der Waals surface area contributed by atoms with Crippen LogP contribution in [-0.4, -0.2) is 35.4 Å². The van der Waals surface area contributed by atoms with Crippen molar-refractivity contribution in [1.82, 2.24) is 10.6 Å². The number of nitrogens with one attached hydrogen (secondary N) is 2. The van der Waals surface area contributed by atoms with E-state index in [1.165, 1.54) is 0 Å². The molecule has 5 aliphatic rings. The summed E-state index contributed by atoms with van der Waals surface area (Å²) in [5.74, 6) is 0.620. The van der Waals surface area contributed by atoms with Gasteiger partial charge in [-0.3, -0.25) is 4.79 Å². The average molecular weight is 420 g/mol. The average Bonchev–Trinajstić information content (AvgIpc) is 3.39. The van der Waals surface area contributed by atoms with Crippen LogP contribution in [0, 0.1) is 34.5 Å². The molecule has 6 nitrogen and oxygen atoms in total. The Bertz CT molecular complexity index is 738. The number of alkyl halides is 1. The molecule has 5 rings (SSSR count). The molecule has 5 aliphatic carbocycles. The van der Waals surface area contributed by atoms with Gasteiger partial charge in [0.05, 0.1) is 6.07 Å². The summed E-state index contributed by atoms with van der Waals surface area (Å²) in [6.07, 6.45) is 6.05. The van der Waals surface area contributed by atoms with Gasteiger partial charge in [0.1, 0.15) is 23.4 Å². The molecule has 0 spiro atoms. The Morgan fingerprint density at radius 3 is 2.30 bits per heavy atom. The number of carbonyl (C=O) groups excluding carboxylic acids is 2. The largest absolute Gasteiger partial charge is 0.444 e. The molecule has 4 bridgehead atoms. The first-order valence-electron chi connectivity index (χ1n) is 11.4. The summed E-state index contributed by atoms with van der Waals surface area (Å²) >= 11 is 0. The van der Waals surface area contributed by atoms with Gasteiger partial charge in [-0.05, 0) is 83.5 Å². The van der Waals surface area contributed by atoms with E-state index in [1.54, 1.807) is 20.8 Å². The number of amides is 2. The van der Waals surface area contributed by atoms with Gasteiger partial charge in [0.15, 0.2) is 0 Å². The molecule has 0 aromatic rings. The highest BCUT2D eigenvalue weighted by Gasteiger charge is 2.62. The van der Waals surface area contributed by atoms with Crippen LogP contribution in [0.5, 0.6) is 0 Å². The molecule has 5 fully saturated rings. The van der Waals surface area contributed by atoms with Gasteiger partial charge in [0, 0.05) is 5.41 Å². The number of ether oxygens (including phenoxy) is 1. The second-order valence-electron chi connectivity index (χ2n) is 11.4. The highest BCUT2D eigenvalue weighted by Crippen LogP contribution is 2.64. The van der Waals surface area contributed by atoms with Crippen molar-refractivity contribution in [3.05, 3.63) is 0 Å². The molecule has 2 unspecified atom stereocenters. The number of alkyl carbamates (subject to hydrolysis) is 1. The SMILES string of the molecule is CC(C)(C)OC(=O)N[C@H](C(=O)N[C@H](C#N)CC1CC1)C12CC3CC(CC(F)(C3)C1)C2. The molecule has 2 N–H and O–H groups in total. The van der Waals surface area contributed by atoms with E-state index in [9.17, 15) is 14.9 Å². The van der Waals surface area contributed by atoms with E-state index < -0.39 is 34.9 Å². The molecule has 0 aromatic carbocycles. The van der Waals surface area contributed by atoms with E-state index in [4.69, 9.17) is 4.74 Å². The number of rotatable bonds is 6. The van der Waals surface area contributed by atoms with E-state index in [2.05, 4.69) is 16.7 Å². The third-order valence-corrected chi connectivity index (χ3v) is 7.31. The normalized spacial score (nSPS) is 36.5. The monoisotopic (exact) mass is 419 g/mol. The summed E-state index contributed by atoms with van der Waals surface area (Å²) in [5.41, 5.74) is -2.56. The highest BCUT2D eigenvalue weighted by atomic mass is 19.1. The second kappa shape index (κ2) is 7.39. The third-order valence-electron chi connectivity index (χ3n) is 7.31. The number of hydrogen-bond acceptors (Lipinski definition) is 4. The molecular formula is C23H34FN3O3. The number of hydrogen-bond donors (Lipinski definition) is 2. The molecule has 0 aliphatic heterocycles. The number of carbonyl (C=O) groups is 2. The fraction of sp³-hybridized carbons (Fsp3) is 0.870. The Labute approximate surface area is 178 Å². The van der Waals surface area contributed by atoms with Gasteiger partial charge in [-0.15, -0.1) is 0 Å². The standard InChI is InChI=1S/C23H34FN3O3/c1-21(2,3)30-20(29)27-18(19(28)26-17(12-25)7-14-4-5-14)22-8-15-6-16(9-22)11-23(24,10-15)13-22/h14-18H,4-11,13H2,1-3H3,(H,26,28)(H,27,29)/t15?,16?,17-,18+,22?,23?/m0/s1. The molecule has 2 amide bonds. The van der Waals surface area contributed by atoms with Gasteiger partial charge in [0.2, 0.25) is 5.91 Å². The number of halogens is 1. The van der Waals surface area contributed by atoms with E-state index in [1.807, 2.05) is 0 Å². The first kappa shape index (κ1) is 21.4. The molecule has 0 saturated heterocycles. The molecule has 0 radical (unpaired) electrons. The highest BCUT2D eigenvalue weighted by molar-refractivity contribution is 5.87. The topological polar surface area (TPSA) is 91.2 Å². The predicted molar refractivity (Wildman–Crippen MR) is 109 cm³/mol. The molecule has 7 heteroatoms. The van der Waals surface area contributed by atoms with Gasteiger partial charge in [0.25, 0.3) is 0 Å². The summed E-state index contributed by atoms with van der Waals surface area (Å²) in [4.78, 5) is 26.0. The first-order valence-corrected chi connectivity index (χ1v) is 11.4. The van der Waals surface area contributed by atoms with Crippen molar-refractivity contribution >= 4 is 12.0 Å². The van der Waals surface area contributed by atoms with Crippen LogP contribution in [-0.2, 0) is 9.53 Å². The van der Waals surface area contributed by atoms with Gasteiger partial charge in [-0.2, -0.15) is 5.26 Å². The third kappa shape index (κ3) is 4.58. The fourth-order valence-electron chi connectivity index (χ4n) is 6.57. The van der Waals surface area contributed by atoms with Gasteiger partial charge in [-0.25, -0.2) is 9.18 Å². The molecule has 0 heterocycles. The maximum Gasteiger partial charge on any atom is 0.408 e. The van der Waals surface area contributed by atoms with Crippen LogP contribution in [0.4, 0.5) is 9.18 Å². The van der Waals surface area contributed by atoms with Gasteiger partial charge in [-0.1, -0.05) is 12.8 Å². The summed E-state index contributed by atoms with van der Waals surface area (Å²) in [6.45, 7) is 5.30. The van der Waals surface area contributed by atoms with Crippen molar-refractivity contribution in [1.29, 1.82) is 5.26 Å². The minimum Gasteiger partial charge on any atom is -0.444 e. The van der Waals surface area contributed by atoms with Crippen molar-refractivity contribution in [3.8, 4) is 6.07 Å². The first-order chi connectivity index (χ1) is 14.0. The summed E-state index contributed by atoms with van der Waals surface area (Å²) in [5, 5.41) is 15.2. The summed E-state index contributed by atoms with van der Waals surface area (Å²) in [7, 11) is 0. The minimum atomic E-state index is -1.25. The van der Waals surface area contributed by atoms with Crippen molar-refractivity contribution in [2.75, 3.05) is 0 Å². The minimum absolute atomic E-state index is 0.255. The molecule has 0 aromatic heterocycles. The Kier molecular flexibility index (Phi) is 5.27. The lowest BCUT2D eigenvalue weighted by atomic mass is 9.46. The lowest BCUT2D eigenvalue weighted by Crippen LogP contribution is -2.65. The second-order valence-corrected chi connectivity index (χ2v) is 11.4. The van der Waals surface area contributed by atoms with Crippen LogP contribution >= 0.6 is 0 Å². The maximum atomic E-state index is 15.5. The number of nitriles is 1. The fourth-order valence-corrected chi connectivity index (χ4v) is 6.57. The lowest BCUT2D eigenvalue weighted by molar-refractivity contribution is -0.152. The molecular weight excluding hydrogens is 385 g/mol. The Morgan fingerprint density at radius 2 is 1.80 bits per heavy atom. The molecule has 4 atom stereocenters. The number of nitrogens with zero attached hydrogens (tertiary/aromatic N) is 1. The van der Waals surface area contributed by atoms with Crippen molar-refractivity contribution in [2.24, 2.45) is 23.2 Å². The van der Waals surface area contributed by atoms with E-state index in [0.29, 0.717) is 31.6 Å². The Morgan fingerprint density at radius 1 is 1.17 bits per heavy atom. The Balaban J connectivity index is 1.56. The van der Waals surface area contributed by atoms with E-state index >= 15 is 4.39 Å².